The van der Waals surface area contributed by atoms with Crippen molar-refractivity contribution in [2.24, 2.45) is 5.92 Å². The number of piperidine rings is 1. The Morgan fingerprint density at radius 2 is 1.97 bits per heavy atom. The lowest BCUT2D eigenvalue weighted by Gasteiger charge is -2.38. The van der Waals surface area contributed by atoms with Crippen molar-refractivity contribution in [1.29, 1.82) is 0 Å². The molecule has 2 fully saturated rings. The van der Waals surface area contributed by atoms with Crippen LogP contribution < -0.4 is 4.74 Å². The number of halogens is 1. The summed E-state index contributed by atoms with van der Waals surface area (Å²) in [6.45, 7) is 2.68. The summed E-state index contributed by atoms with van der Waals surface area (Å²) in [6.07, 6.45) is 7.18. The molecule has 156 valence electrons. The van der Waals surface area contributed by atoms with Crippen LogP contribution >= 0.6 is 22.9 Å². The number of fused-ring (bicyclic) bond motifs is 3. The van der Waals surface area contributed by atoms with E-state index in [4.69, 9.17) is 16.3 Å². The maximum atomic E-state index is 11.5. The molecule has 2 bridgehead atoms. The van der Waals surface area contributed by atoms with E-state index >= 15 is 0 Å². The SMILES string of the molecule is CC(=O)CC1C[C@H]2CC[C@@H](C1)N2Cc1ccc(Oc2nc3ncc(Cl)cc3s2)cc1. The van der Waals surface area contributed by atoms with E-state index in [1.807, 2.05) is 18.2 Å². The smallest absolute Gasteiger partial charge is 0.281 e. The molecule has 0 spiro atoms. The molecule has 3 aromatic rings. The Bertz CT molecular complexity index is 1050. The van der Waals surface area contributed by atoms with Gasteiger partial charge in [0, 0.05) is 31.2 Å². The molecule has 1 aromatic carbocycles. The Hall–Kier alpha value is -2.02. The summed E-state index contributed by atoms with van der Waals surface area (Å²) >= 11 is 7.44. The zero-order valence-electron chi connectivity index (χ0n) is 16.9. The van der Waals surface area contributed by atoms with Crippen LogP contribution in [0.25, 0.3) is 10.3 Å². The molecule has 0 N–H and O–H groups in total. The van der Waals surface area contributed by atoms with Gasteiger partial charge in [0.15, 0.2) is 5.65 Å². The molecule has 2 saturated heterocycles. The molecule has 0 amide bonds. The number of pyridine rings is 1. The molecule has 2 aromatic heterocycles. The van der Waals surface area contributed by atoms with Gasteiger partial charge >= 0.3 is 0 Å². The molecule has 5 nitrogen and oxygen atoms in total. The summed E-state index contributed by atoms with van der Waals surface area (Å²) in [5, 5.41) is 1.17. The predicted octanol–water partition coefficient (Wildman–Crippen LogP) is 5.86. The van der Waals surface area contributed by atoms with Crippen LogP contribution in [-0.2, 0) is 11.3 Å². The monoisotopic (exact) mass is 441 g/mol. The first-order valence-electron chi connectivity index (χ1n) is 10.5. The van der Waals surface area contributed by atoms with Crippen LogP contribution in [0.3, 0.4) is 0 Å². The molecule has 4 heterocycles. The van der Waals surface area contributed by atoms with Crippen LogP contribution in [0.5, 0.6) is 10.9 Å². The number of ether oxygens (including phenoxy) is 1. The fraction of sp³-hybridized carbons (Fsp3) is 0.435. The topological polar surface area (TPSA) is 55.3 Å². The first kappa shape index (κ1) is 19.9. The average molecular weight is 442 g/mol. The third-order valence-corrected chi connectivity index (χ3v) is 7.32. The maximum absolute atomic E-state index is 11.5. The first-order valence-corrected chi connectivity index (χ1v) is 11.7. The molecule has 0 saturated carbocycles. The van der Waals surface area contributed by atoms with Crippen molar-refractivity contribution in [1.82, 2.24) is 14.9 Å². The lowest BCUT2D eigenvalue weighted by atomic mass is 9.87. The lowest BCUT2D eigenvalue weighted by molar-refractivity contribution is -0.118. The summed E-state index contributed by atoms with van der Waals surface area (Å²) in [4.78, 5) is 22.8. The molecule has 5 rings (SSSR count). The third kappa shape index (κ3) is 4.22. The number of hydrogen-bond donors (Lipinski definition) is 0. The average Bonchev–Trinajstić information content (AvgIpc) is 3.19. The van der Waals surface area contributed by atoms with Gasteiger partial charge in [0.2, 0.25) is 0 Å². The minimum absolute atomic E-state index is 0.329. The second-order valence-electron chi connectivity index (χ2n) is 8.50. The molecular weight excluding hydrogens is 418 g/mol. The van der Waals surface area contributed by atoms with Gasteiger partial charge in [0.1, 0.15) is 11.5 Å². The zero-order valence-corrected chi connectivity index (χ0v) is 18.5. The molecule has 0 radical (unpaired) electrons. The van der Waals surface area contributed by atoms with Crippen LogP contribution in [-0.4, -0.2) is 32.7 Å². The van der Waals surface area contributed by atoms with Crippen molar-refractivity contribution < 1.29 is 9.53 Å². The van der Waals surface area contributed by atoms with Gasteiger partial charge in [-0.15, -0.1) is 0 Å². The highest BCUT2D eigenvalue weighted by molar-refractivity contribution is 7.20. The van der Waals surface area contributed by atoms with Crippen LogP contribution in [0.1, 0.15) is 44.6 Å². The molecular formula is C23H24ClN3O2S. The van der Waals surface area contributed by atoms with E-state index in [-0.39, 0.29) is 0 Å². The lowest BCUT2D eigenvalue weighted by Crippen LogP contribution is -2.42. The third-order valence-electron chi connectivity index (χ3n) is 6.25. The van der Waals surface area contributed by atoms with Crippen molar-refractivity contribution in [3.8, 4) is 10.9 Å². The summed E-state index contributed by atoms with van der Waals surface area (Å²) in [5.41, 5.74) is 1.95. The van der Waals surface area contributed by atoms with Gasteiger partial charge in [0.05, 0.1) is 9.72 Å². The second-order valence-corrected chi connectivity index (χ2v) is 9.93. The predicted molar refractivity (Wildman–Crippen MR) is 119 cm³/mol. The molecule has 7 heteroatoms. The second kappa shape index (κ2) is 8.25. The number of rotatable bonds is 6. The van der Waals surface area contributed by atoms with Crippen molar-refractivity contribution in [2.45, 2.75) is 57.7 Å². The van der Waals surface area contributed by atoms with Gasteiger partial charge in [0.25, 0.3) is 5.19 Å². The Morgan fingerprint density at radius 3 is 2.67 bits per heavy atom. The van der Waals surface area contributed by atoms with Crippen molar-refractivity contribution >= 4 is 39.1 Å². The van der Waals surface area contributed by atoms with E-state index < -0.39 is 0 Å². The number of ketones is 1. The fourth-order valence-electron chi connectivity index (χ4n) is 5.01. The standard InChI is InChI=1S/C23H24ClN3O2S/c1-14(28)8-16-9-18-4-5-19(10-16)27(18)13-15-2-6-20(7-3-15)29-23-26-22-21(30-23)11-17(24)12-25-22/h2-3,6-7,11-12,16,18-19H,4-5,8-10,13H2,1H3/t16?,18-,19+. The molecule has 2 aliphatic heterocycles. The van der Waals surface area contributed by atoms with E-state index in [2.05, 4.69) is 27.0 Å². The highest BCUT2D eigenvalue weighted by Gasteiger charge is 2.40. The fourth-order valence-corrected chi connectivity index (χ4v) is 6.07. The van der Waals surface area contributed by atoms with E-state index in [1.54, 1.807) is 13.1 Å². The Morgan fingerprint density at radius 1 is 1.23 bits per heavy atom. The summed E-state index contributed by atoms with van der Waals surface area (Å²) in [6, 6.07) is 11.4. The van der Waals surface area contributed by atoms with E-state index in [1.165, 1.54) is 29.7 Å². The minimum Gasteiger partial charge on any atom is -0.431 e. The number of nitrogens with zero attached hydrogens (tertiary/aromatic N) is 3. The first-order chi connectivity index (χ1) is 14.5. The van der Waals surface area contributed by atoms with Gasteiger partial charge in [-0.3, -0.25) is 4.90 Å². The highest BCUT2D eigenvalue weighted by Crippen LogP contribution is 2.41. The van der Waals surface area contributed by atoms with E-state index in [0.717, 1.165) is 36.3 Å². The van der Waals surface area contributed by atoms with Crippen LogP contribution in [0.2, 0.25) is 5.02 Å². The summed E-state index contributed by atoms with van der Waals surface area (Å²) in [5.74, 6) is 1.67. The molecule has 3 atom stereocenters. The van der Waals surface area contributed by atoms with Crippen LogP contribution in [0, 0.1) is 5.92 Å². The highest BCUT2D eigenvalue weighted by atomic mass is 35.5. The number of hydrogen-bond acceptors (Lipinski definition) is 6. The minimum atomic E-state index is 0.329. The van der Waals surface area contributed by atoms with E-state index in [0.29, 0.717) is 39.6 Å². The van der Waals surface area contributed by atoms with Gasteiger partial charge in [-0.25, -0.2) is 4.98 Å². The Labute approximate surface area is 185 Å². The number of Topliss-reactive ketones (excluding diaryl/α,β-unsaturated/α-hetero) is 1. The largest absolute Gasteiger partial charge is 0.431 e. The molecule has 1 unspecified atom stereocenters. The van der Waals surface area contributed by atoms with Crippen molar-refractivity contribution in [3.05, 3.63) is 47.1 Å². The van der Waals surface area contributed by atoms with Gasteiger partial charge < -0.3 is 9.53 Å². The molecule has 2 aliphatic rings. The number of benzene rings is 1. The number of carbonyl (C=O) groups is 1. The normalized spacial score (nSPS) is 23.7. The zero-order chi connectivity index (χ0) is 20.7. The quantitative estimate of drug-likeness (QED) is 0.479. The Balaban J connectivity index is 1.23. The Kier molecular flexibility index (Phi) is 5.48. The molecule has 0 aliphatic carbocycles. The summed E-state index contributed by atoms with van der Waals surface area (Å²) < 4.78 is 6.85. The molecule has 30 heavy (non-hydrogen) atoms. The van der Waals surface area contributed by atoms with Crippen LogP contribution in [0.15, 0.2) is 36.5 Å². The maximum Gasteiger partial charge on any atom is 0.281 e. The van der Waals surface area contributed by atoms with Crippen molar-refractivity contribution in [3.63, 3.8) is 0 Å². The van der Waals surface area contributed by atoms with Crippen LogP contribution in [0.4, 0.5) is 0 Å². The van der Waals surface area contributed by atoms with Gasteiger partial charge in [-0.2, -0.15) is 4.98 Å². The van der Waals surface area contributed by atoms with Gasteiger partial charge in [-0.05, 0) is 62.3 Å². The number of carbonyl (C=O) groups excluding carboxylic acids is 1. The number of thiazole rings is 1. The summed E-state index contributed by atoms with van der Waals surface area (Å²) in [7, 11) is 0. The number of aromatic nitrogens is 2. The van der Waals surface area contributed by atoms with Crippen molar-refractivity contribution in [2.75, 3.05) is 0 Å². The van der Waals surface area contributed by atoms with E-state index in [9.17, 15) is 4.79 Å². The van der Waals surface area contributed by atoms with Gasteiger partial charge in [-0.1, -0.05) is 35.1 Å².